The van der Waals surface area contributed by atoms with Gasteiger partial charge in [0.25, 0.3) is 0 Å². The molecule has 1 aliphatic rings. The van der Waals surface area contributed by atoms with Crippen molar-refractivity contribution in [2.45, 2.75) is 31.7 Å². The Morgan fingerprint density at radius 3 is 2.80 bits per heavy atom. The third-order valence-electron chi connectivity index (χ3n) is 3.02. The summed E-state index contributed by atoms with van der Waals surface area (Å²) in [5.74, 6) is 0.0608. The summed E-state index contributed by atoms with van der Waals surface area (Å²) < 4.78 is 1.00. The van der Waals surface area contributed by atoms with Crippen molar-refractivity contribution in [3.05, 3.63) is 33.8 Å². The first-order valence-corrected chi connectivity index (χ1v) is 5.81. The molecule has 0 fully saturated rings. The van der Waals surface area contributed by atoms with Crippen LogP contribution in [0.5, 0.6) is 0 Å². The van der Waals surface area contributed by atoms with Crippen LogP contribution < -0.4 is 5.73 Å². The Labute approximate surface area is 98.0 Å². The molecule has 0 bridgehead atoms. The lowest BCUT2D eigenvalue weighted by Gasteiger charge is -2.35. The third kappa shape index (κ3) is 1.64. The van der Waals surface area contributed by atoms with Gasteiger partial charge in [-0.1, -0.05) is 41.9 Å². The number of ketones is 1. The molecule has 0 saturated heterocycles. The molecule has 1 aromatic carbocycles. The van der Waals surface area contributed by atoms with Crippen molar-refractivity contribution >= 4 is 21.7 Å². The Bertz CT molecular complexity index is 426. The lowest BCUT2D eigenvalue weighted by molar-refractivity contribution is 0.0928. The molecule has 0 spiro atoms. The summed E-state index contributed by atoms with van der Waals surface area (Å²) in [6.45, 7) is 4.26. The SMILES string of the molecule is CC1(C)CC(N)C(=O)c2cccc(Br)c21. The fourth-order valence-electron chi connectivity index (χ4n) is 2.36. The first kappa shape index (κ1) is 10.8. The second kappa shape index (κ2) is 3.42. The molecule has 1 aliphatic carbocycles. The quantitative estimate of drug-likeness (QED) is 0.786. The molecule has 80 valence electrons. The minimum absolute atomic E-state index is 0.0389. The fourth-order valence-corrected chi connectivity index (χ4v) is 3.26. The van der Waals surface area contributed by atoms with E-state index >= 15 is 0 Å². The number of rotatable bonds is 0. The smallest absolute Gasteiger partial charge is 0.179 e. The predicted molar refractivity (Wildman–Crippen MR) is 64.1 cm³/mol. The zero-order valence-corrected chi connectivity index (χ0v) is 10.5. The van der Waals surface area contributed by atoms with Crippen molar-refractivity contribution in [3.63, 3.8) is 0 Å². The highest BCUT2D eigenvalue weighted by Crippen LogP contribution is 2.40. The second-order valence-corrected chi connectivity index (χ2v) is 5.58. The Hall–Kier alpha value is -0.670. The van der Waals surface area contributed by atoms with Crippen LogP contribution in [0.3, 0.4) is 0 Å². The van der Waals surface area contributed by atoms with Crippen molar-refractivity contribution in [1.82, 2.24) is 0 Å². The van der Waals surface area contributed by atoms with Gasteiger partial charge in [0.1, 0.15) is 0 Å². The van der Waals surface area contributed by atoms with Crippen LogP contribution in [0.1, 0.15) is 36.2 Å². The highest BCUT2D eigenvalue weighted by Gasteiger charge is 2.37. The molecule has 2 rings (SSSR count). The van der Waals surface area contributed by atoms with E-state index in [9.17, 15) is 4.79 Å². The molecule has 1 aromatic rings. The minimum atomic E-state index is -0.359. The van der Waals surface area contributed by atoms with E-state index in [2.05, 4.69) is 29.8 Å². The maximum atomic E-state index is 11.9. The molecular formula is C12H14BrNO. The molecule has 2 N–H and O–H groups in total. The van der Waals surface area contributed by atoms with Gasteiger partial charge < -0.3 is 5.73 Å². The molecule has 0 amide bonds. The topological polar surface area (TPSA) is 43.1 Å². The maximum absolute atomic E-state index is 11.9. The van der Waals surface area contributed by atoms with Crippen LogP contribution in [-0.2, 0) is 5.41 Å². The van der Waals surface area contributed by atoms with Crippen LogP contribution in [0.2, 0.25) is 0 Å². The molecule has 2 nitrogen and oxygen atoms in total. The summed E-state index contributed by atoms with van der Waals surface area (Å²) in [6, 6.07) is 5.37. The lowest BCUT2D eigenvalue weighted by atomic mass is 9.70. The number of hydrogen-bond donors (Lipinski definition) is 1. The number of carbonyl (C=O) groups excluding carboxylic acids is 1. The average Bonchev–Trinajstić information content (AvgIpc) is 2.13. The molecule has 0 radical (unpaired) electrons. The van der Waals surface area contributed by atoms with E-state index in [-0.39, 0.29) is 17.2 Å². The van der Waals surface area contributed by atoms with Gasteiger partial charge >= 0.3 is 0 Å². The maximum Gasteiger partial charge on any atom is 0.179 e. The summed E-state index contributed by atoms with van der Waals surface area (Å²) in [7, 11) is 0. The number of carbonyl (C=O) groups is 1. The van der Waals surface area contributed by atoms with Crippen LogP contribution >= 0.6 is 15.9 Å². The first-order valence-electron chi connectivity index (χ1n) is 5.02. The van der Waals surface area contributed by atoms with Crippen molar-refractivity contribution < 1.29 is 4.79 Å². The predicted octanol–water partition coefficient (Wildman–Crippen LogP) is 2.64. The largest absolute Gasteiger partial charge is 0.321 e. The number of nitrogens with two attached hydrogens (primary N) is 1. The Kier molecular flexibility index (Phi) is 2.47. The third-order valence-corrected chi connectivity index (χ3v) is 3.68. The van der Waals surface area contributed by atoms with Gasteiger partial charge in [-0.2, -0.15) is 0 Å². The number of halogens is 1. The van der Waals surface area contributed by atoms with Gasteiger partial charge in [-0.3, -0.25) is 4.79 Å². The number of fused-ring (bicyclic) bond motifs is 1. The van der Waals surface area contributed by atoms with E-state index in [1.807, 2.05) is 18.2 Å². The molecule has 0 aromatic heterocycles. The standard InChI is InChI=1S/C12H14BrNO/c1-12(2)6-9(14)11(15)7-4-3-5-8(13)10(7)12/h3-5,9H,6,14H2,1-2H3. The van der Waals surface area contributed by atoms with Crippen molar-refractivity contribution in [2.24, 2.45) is 5.73 Å². The van der Waals surface area contributed by atoms with Crippen LogP contribution in [0.4, 0.5) is 0 Å². The normalized spacial score (nSPS) is 23.7. The van der Waals surface area contributed by atoms with Gasteiger partial charge in [-0.05, 0) is 23.5 Å². The van der Waals surface area contributed by atoms with Gasteiger partial charge in [0.15, 0.2) is 5.78 Å². The van der Waals surface area contributed by atoms with Gasteiger partial charge in [-0.15, -0.1) is 0 Å². The van der Waals surface area contributed by atoms with Crippen molar-refractivity contribution in [1.29, 1.82) is 0 Å². The molecule has 1 atom stereocenters. The van der Waals surface area contributed by atoms with Crippen LogP contribution in [0.15, 0.2) is 22.7 Å². The average molecular weight is 268 g/mol. The monoisotopic (exact) mass is 267 g/mol. The number of benzene rings is 1. The Morgan fingerprint density at radius 2 is 2.13 bits per heavy atom. The van der Waals surface area contributed by atoms with E-state index in [0.29, 0.717) is 6.42 Å². The Balaban J connectivity index is 2.70. The molecule has 15 heavy (non-hydrogen) atoms. The molecule has 3 heteroatoms. The van der Waals surface area contributed by atoms with Crippen LogP contribution in [-0.4, -0.2) is 11.8 Å². The molecular weight excluding hydrogens is 254 g/mol. The zero-order valence-electron chi connectivity index (χ0n) is 8.88. The summed E-state index contributed by atoms with van der Waals surface area (Å²) in [5, 5.41) is 0. The van der Waals surface area contributed by atoms with E-state index in [4.69, 9.17) is 5.73 Å². The summed E-state index contributed by atoms with van der Waals surface area (Å²) >= 11 is 3.51. The van der Waals surface area contributed by atoms with Crippen molar-refractivity contribution in [2.75, 3.05) is 0 Å². The number of hydrogen-bond acceptors (Lipinski definition) is 2. The highest BCUT2D eigenvalue weighted by molar-refractivity contribution is 9.10. The highest BCUT2D eigenvalue weighted by atomic mass is 79.9. The summed E-state index contributed by atoms with van der Waals surface area (Å²) in [4.78, 5) is 11.9. The second-order valence-electron chi connectivity index (χ2n) is 4.72. The van der Waals surface area contributed by atoms with E-state index in [0.717, 1.165) is 15.6 Å². The van der Waals surface area contributed by atoms with Crippen LogP contribution in [0, 0.1) is 0 Å². The summed E-state index contributed by atoms with van der Waals surface area (Å²) in [6.07, 6.45) is 0.710. The molecule has 1 unspecified atom stereocenters. The van der Waals surface area contributed by atoms with E-state index in [1.165, 1.54) is 0 Å². The van der Waals surface area contributed by atoms with Crippen LogP contribution in [0.25, 0.3) is 0 Å². The van der Waals surface area contributed by atoms with E-state index < -0.39 is 0 Å². The van der Waals surface area contributed by atoms with Gasteiger partial charge in [-0.25, -0.2) is 0 Å². The molecule has 0 aliphatic heterocycles. The van der Waals surface area contributed by atoms with Crippen molar-refractivity contribution in [3.8, 4) is 0 Å². The zero-order chi connectivity index (χ0) is 11.2. The number of Topliss-reactive ketones (excluding diaryl/α,β-unsaturated/α-hetero) is 1. The molecule has 0 heterocycles. The van der Waals surface area contributed by atoms with Gasteiger partial charge in [0.2, 0.25) is 0 Å². The minimum Gasteiger partial charge on any atom is -0.321 e. The molecule has 0 saturated carbocycles. The Morgan fingerprint density at radius 1 is 1.47 bits per heavy atom. The van der Waals surface area contributed by atoms with E-state index in [1.54, 1.807) is 0 Å². The summed E-state index contributed by atoms with van der Waals surface area (Å²) in [5.41, 5.74) is 7.68. The van der Waals surface area contributed by atoms with Gasteiger partial charge in [0.05, 0.1) is 6.04 Å². The fraction of sp³-hybridized carbons (Fsp3) is 0.417. The first-order chi connectivity index (χ1) is 6.93. The van der Waals surface area contributed by atoms with Gasteiger partial charge in [0, 0.05) is 10.0 Å². The lowest BCUT2D eigenvalue weighted by Crippen LogP contribution is -2.43.